The zero-order chi connectivity index (χ0) is 10.6. The van der Waals surface area contributed by atoms with Gasteiger partial charge >= 0.3 is 0 Å². The summed E-state index contributed by atoms with van der Waals surface area (Å²) in [5.74, 6) is 1.32. The average molecular weight is 197 g/mol. The molecule has 5 heteroatoms. The van der Waals surface area contributed by atoms with Crippen molar-refractivity contribution in [2.75, 3.05) is 7.05 Å². The molecule has 1 rings (SSSR count). The number of aromatic nitrogens is 1. The molecule has 0 aliphatic rings. The number of nitrogens with one attached hydrogen (secondary N) is 2. The first kappa shape index (κ1) is 10.7. The van der Waals surface area contributed by atoms with Crippen molar-refractivity contribution in [1.29, 1.82) is 0 Å². The quantitative estimate of drug-likeness (QED) is 0.724. The second kappa shape index (κ2) is 4.76. The molecule has 1 aromatic rings. The maximum Gasteiger partial charge on any atom is 0.236 e. The molecule has 0 aliphatic carbocycles. The maximum absolute atomic E-state index is 11.1. The molecule has 1 atom stereocenters. The first-order valence-electron chi connectivity index (χ1n) is 4.49. The third-order valence-electron chi connectivity index (χ3n) is 1.87. The summed E-state index contributed by atoms with van der Waals surface area (Å²) < 4.78 is 5.24. The first-order valence-corrected chi connectivity index (χ1v) is 4.49. The lowest BCUT2D eigenvalue weighted by Crippen LogP contribution is -2.40. The standard InChI is InChI=1S/C9H15N3O2/c1-6-4-12-8(14-6)5-11-7(2)9(13)10-3/h4,7,11H,5H2,1-3H3,(H,10,13). The summed E-state index contributed by atoms with van der Waals surface area (Å²) in [4.78, 5) is 15.1. The van der Waals surface area contributed by atoms with Gasteiger partial charge in [0.2, 0.25) is 11.8 Å². The molecule has 5 nitrogen and oxygen atoms in total. The van der Waals surface area contributed by atoms with Crippen LogP contribution in [0.3, 0.4) is 0 Å². The van der Waals surface area contributed by atoms with Crippen molar-refractivity contribution in [2.45, 2.75) is 26.4 Å². The van der Waals surface area contributed by atoms with E-state index in [0.29, 0.717) is 12.4 Å². The topological polar surface area (TPSA) is 67.2 Å². The van der Waals surface area contributed by atoms with Gasteiger partial charge in [-0.25, -0.2) is 4.98 Å². The van der Waals surface area contributed by atoms with Crippen LogP contribution >= 0.6 is 0 Å². The predicted octanol–water partition coefficient (Wildman–Crippen LogP) is 0.207. The number of rotatable bonds is 4. The summed E-state index contributed by atoms with van der Waals surface area (Å²) in [7, 11) is 1.61. The highest BCUT2D eigenvalue weighted by molar-refractivity contribution is 5.80. The van der Waals surface area contributed by atoms with Gasteiger partial charge in [-0.15, -0.1) is 0 Å². The molecule has 1 unspecified atom stereocenters. The zero-order valence-corrected chi connectivity index (χ0v) is 8.63. The van der Waals surface area contributed by atoms with Crippen molar-refractivity contribution in [1.82, 2.24) is 15.6 Å². The van der Waals surface area contributed by atoms with Gasteiger partial charge in [-0.05, 0) is 13.8 Å². The Morgan fingerprint density at radius 3 is 2.93 bits per heavy atom. The Morgan fingerprint density at radius 1 is 1.71 bits per heavy atom. The van der Waals surface area contributed by atoms with Gasteiger partial charge in [0, 0.05) is 7.05 Å². The monoisotopic (exact) mass is 197 g/mol. The molecule has 0 aromatic carbocycles. The summed E-state index contributed by atoms with van der Waals surface area (Å²) in [5.41, 5.74) is 0. The van der Waals surface area contributed by atoms with Crippen molar-refractivity contribution >= 4 is 5.91 Å². The molecule has 1 aromatic heterocycles. The highest BCUT2D eigenvalue weighted by Gasteiger charge is 2.10. The van der Waals surface area contributed by atoms with Gasteiger partial charge in [0.25, 0.3) is 0 Å². The summed E-state index contributed by atoms with van der Waals surface area (Å²) in [5, 5.41) is 5.55. The summed E-state index contributed by atoms with van der Waals surface area (Å²) >= 11 is 0. The number of aryl methyl sites for hydroxylation is 1. The highest BCUT2D eigenvalue weighted by atomic mass is 16.4. The van der Waals surface area contributed by atoms with E-state index in [4.69, 9.17) is 4.42 Å². The fourth-order valence-corrected chi connectivity index (χ4v) is 1.03. The second-order valence-corrected chi connectivity index (χ2v) is 3.08. The number of likely N-dealkylation sites (N-methyl/N-ethyl adjacent to an activating group) is 1. The van der Waals surface area contributed by atoms with Gasteiger partial charge in [0.1, 0.15) is 5.76 Å². The molecule has 0 spiro atoms. The molecule has 2 N–H and O–H groups in total. The Kier molecular flexibility index (Phi) is 3.64. The number of amides is 1. The predicted molar refractivity (Wildman–Crippen MR) is 51.6 cm³/mol. The van der Waals surface area contributed by atoms with Gasteiger partial charge in [-0.3, -0.25) is 10.1 Å². The normalized spacial score (nSPS) is 12.5. The van der Waals surface area contributed by atoms with Crippen LogP contribution in [0.1, 0.15) is 18.6 Å². The molecule has 0 aliphatic heterocycles. The van der Waals surface area contributed by atoms with E-state index < -0.39 is 0 Å². The number of hydrogen-bond acceptors (Lipinski definition) is 4. The first-order chi connectivity index (χ1) is 6.63. The SMILES string of the molecule is CNC(=O)C(C)NCc1ncc(C)o1. The smallest absolute Gasteiger partial charge is 0.236 e. The van der Waals surface area contributed by atoms with Crippen LogP contribution in [-0.2, 0) is 11.3 Å². The van der Waals surface area contributed by atoms with E-state index in [1.54, 1.807) is 20.2 Å². The van der Waals surface area contributed by atoms with E-state index in [-0.39, 0.29) is 11.9 Å². The minimum absolute atomic E-state index is 0.0479. The number of carbonyl (C=O) groups is 1. The van der Waals surface area contributed by atoms with Crippen molar-refractivity contribution in [2.24, 2.45) is 0 Å². The summed E-state index contributed by atoms with van der Waals surface area (Å²) in [6.45, 7) is 4.08. The van der Waals surface area contributed by atoms with Crippen LogP contribution in [-0.4, -0.2) is 24.0 Å². The molecule has 0 bridgehead atoms. The highest BCUT2D eigenvalue weighted by Crippen LogP contribution is 2.00. The minimum atomic E-state index is -0.243. The molecule has 1 amide bonds. The van der Waals surface area contributed by atoms with Gasteiger partial charge in [-0.1, -0.05) is 0 Å². The number of nitrogens with zero attached hydrogens (tertiary/aromatic N) is 1. The molecular weight excluding hydrogens is 182 g/mol. The molecule has 0 saturated carbocycles. The summed E-state index contributed by atoms with van der Waals surface area (Å²) in [6.07, 6.45) is 1.65. The van der Waals surface area contributed by atoms with Crippen molar-refractivity contribution in [3.05, 3.63) is 17.8 Å². The Bertz CT molecular complexity index is 309. The molecule has 78 valence electrons. The number of hydrogen-bond donors (Lipinski definition) is 2. The molecule has 0 saturated heterocycles. The Labute approximate surface area is 82.9 Å². The average Bonchev–Trinajstić information content (AvgIpc) is 2.59. The van der Waals surface area contributed by atoms with E-state index in [9.17, 15) is 4.79 Å². The molecule has 1 heterocycles. The molecule has 0 radical (unpaired) electrons. The largest absolute Gasteiger partial charge is 0.445 e. The Hall–Kier alpha value is -1.36. The van der Waals surface area contributed by atoms with Crippen molar-refractivity contribution in [3.63, 3.8) is 0 Å². The maximum atomic E-state index is 11.1. The van der Waals surface area contributed by atoms with Gasteiger partial charge in [0.15, 0.2) is 0 Å². The lowest BCUT2D eigenvalue weighted by atomic mass is 10.3. The molecule has 0 fully saturated rings. The Morgan fingerprint density at radius 2 is 2.43 bits per heavy atom. The Balaban J connectivity index is 2.37. The fraction of sp³-hybridized carbons (Fsp3) is 0.556. The van der Waals surface area contributed by atoms with E-state index >= 15 is 0 Å². The lowest BCUT2D eigenvalue weighted by molar-refractivity contribution is -0.122. The zero-order valence-electron chi connectivity index (χ0n) is 8.63. The van der Waals surface area contributed by atoms with Crippen LogP contribution in [0.5, 0.6) is 0 Å². The number of carbonyl (C=O) groups excluding carboxylic acids is 1. The fourth-order valence-electron chi connectivity index (χ4n) is 1.03. The van der Waals surface area contributed by atoms with E-state index in [2.05, 4.69) is 15.6 Å². The number of oxazole rings is 1. The van der Waals surface area contributed by atoms with Crippen LogP contribution in [0.2, 0.25) is 0 Å². The van der Waals surface area contributed by atoms with E-state index in [1.807, 2.05) is 6.92 Å². The van der Waals surface area contributed by atoms with Crippen LogP contribution in [0.25, 0.3) is 0 Å². The van der Waals surface area contributed by atoms with Crippen molar-refractivity contribution < 1.29 is 9.21 Å². The second-order valence-electron chi connectivity index (χ2n) is 3.08. The van der Waals surface area contributed by atoms with Gasteiger partial charge in [0.05, 0.1) is 18.8 Å². The third kappa shape index (κ3) is 2.85. The van der Waals surface area contributed by atoms with Gasteiger partial charge < -0.3 is 9.73 Å². The van der Waals surface area contributed by atoms with Crippen LogP contribution in [0, 0.1) is 6.92 Å². The molecular formula is C9H15N3O2. The third-order valence-corrected chi connectivity index (χ3v) is 1.87. The van der Waals surface area contributed by atoms with Gasteiger partial charge in [-0.2, -0.15) is 0 Å². The van der Waals surface area contributed by atoms with Crippen molar-refractivity contribution in [3.8, 4) is 0 Å². The van der Waals surface area contributed by atoms with Crippen LogP contribution in [0.15, 0.2) is 10.6 Å². The summed E-state index contributed by atoms with van der Waals surface area (Å²) in [6, 6.07) is -0.243. The lowest BCUT2D eigenvalue weighted by Gasteiger charge is -2.09. The minimum Gasteiger partial charge on any atom is -0.445 e. The van der Waals surface area contributed by atoms with Crippen LogP contribution in [0.4, 0.5) is 0 Å². The molecule has 14 heavy (non-hydrogen) atoms. The van der Waals surface area contributed by atoms with E-state index in [1.165, 1.54) is 0 Å². The van der Waals surface area contributed by atoms with Crippen LogP contribution < -0.4 is 10.6 Å². The van der Waals surface area contributed by atoms with E-state index in [0.717, 1.165) is 5.76 Å².